The molecule has 4 aliphatic carbocycles. The van der Waals surface area contributed by atoms with Crippen LogP contribution in [0.1, 0.15) is 159 Å². The van der Waals surface area contributed by atoms with Crippen LogP contribution in [-0.2, 0) is 44.9 Å². The topological polar surface area (TPSA) is 439 Å². The number of carbonyl (C=O) groups excluding carboxylic acids is 7. The number of hydrogen-bond acceptors (Lipinski definition) is 25. The molecule has 117 heavy (non-hydrogen) atoms. The number of nitrogens with zero attached hydrogens (tertiary/aromatic N) is 16. The van der Waals surface area contributed by atoms with E-state index in [0.29, 0.717) is 77.9 Å². The van der Waals surface area contributed by atoms with E-state index >= 15 is 0 Å². The summed E-state index contributed by atoms with van der Waals surface area (Å²) < 4.78 is 20.8. The summed E-state index contributed by atoms with van der Waals surface area (Å²) in [5.41, 5.74) is 14.0. The molecule has 592 valence electrons. The van der Waals surface area contributed by atoms with Gasteiger partial charge in [-0.2, -0.15) is 0 Å². The summed E-state index contributed by atoms with van der Waals surface area (Å²) in [6.45, 7) is 0. The Kier molecular flexibility index (Phi) is 21.7. The van der Waals surface area contributed by atoms with Gasteiger partial charge in [0.1, 0.15) is 41.2 Å². The van der Waals surface area contributed by atoms with Gasteiger partial charge < -0.3 is 44.9 Å². The van der Waals surface area contributed by atoms with Crippen LogP contribution in [0.4, 0.5) is 23.3 Å². The number of aromatic nitrogens is 12. The zero-order valence-electron chi connectivity index (χ0n) is 63.6. The third-order valence-corrected chi connectivity index (χ3v) is 21.9. The molecule has 4 aliphatic heterocycles. The minimum Gasteiger partial charge on any atom is -0.476 e. The molecule has 12 atom stereocenters. The SMILES string of the molecule is CN1C(=O)[C@@H](N)[C@H]2C[C@H]2c2nccnc21.CN1C(=O)[C@@H](NC(=O)c2cc(Cc3ccccc3)on2)C2C[C@H]2c2nccnc21.CN1C(=O)[C@@H](NC(=O)c2cc(Cc3ccccc3)on2)[C@H]2C[C@H]2c2nccnc21.CN1C(=O)[C@H](NC(=O)c2cc(Cc3ccccc3)on2)[C@@H]2C[C@@H]2c2nccnc21.O=C(O)c1cc(Cc2ccccc2)on1. The molecule has 4 fully saturated rings. The Balaban J connectivity index is 0.000000112. The summed E-state index contributed by atoms with van der Waals surface area (Å²) in [6.07, 6.45) is 18.5. The lowest BCUT2D eigenvalue weighted by Crippen LogP contribution is -2.48. The fraction of sp³-hybridized carbons (Fsp3) is 0.286. The van der Waals surface area contributed by atoms with E-state index in [2.05, 4.69) is 76.4 Å². The van der Waals surface area contributed by atoms with Gasteiger partial charge in [0.25, 0.3) is 35.4 Å². The maximum Gasteiger partial charge on any atom is 0.358 e. The van der Waals surface area contributed by atoms with E-state index in [0.717, 1.165) is 70.7 Å². The van der Waals surface area contributed by atoms with Gasteiger partial charge in [0.15, 0.2) is 46.0 Å². The highest BCUT2D eigenvalue weighted by molar-refractivity contribution is 6.05. The molecule has 7 amide bonds. The van der Waals surface area contributed by atoms with Crippen LogP contribution in [0.2, 0.25) is 0 Å². The molecule has 4 aromatic carbocycles. The van der Waals surface area contributed by atoms with E-state index in [-0.39, 0.29) is 87.8 Å². The van der Waals surface area contributed by atoms with Gasteiger partial charge in [0, 0.05) is 151 Å². The van der Waals surface area contributed by atoms with Gasteiger partial charge in [-0.3, -0.25) is 73.1 Å². The first kappa shape index (κ1) is 76.7. The highest BCUT2D eigenvalue weighted by Crippen LogP contribution is 2.56. The normalized spacial score (nSPS) is 22.2. The maximum atomic E-state index is 13.0. The van der Waals surface area contributed by atoms with E-state index in [4.69, 9.17) is 28.9 Å². The second kappa shape index (κ2) is 33.1. The van der Waals surface area contributed by atoms with E-state index in [1.807, 2.05) is 121 Å². The van der Waals surface area contributed by atoms with E-state index in [1.54, 1.807) is 96.0 Å². The standard InChI is InChI=1S/3C21H19N5O3.C11H9NO3.C10H12N4O/c3*1-26-19-17(22-7-8-23-19)14-11-15(14)18(21(26)28)24-20(27)16-10-13(29-25-16)9-12-5-3-2-4-6-12;13-11(14)10-7-9(15-12-10)6-8-4-2-1-3-5-8;1-14-9-8(12-2-3-13-9)6-4-5(6)7(11)10(14)15/h3*2-8,10,14-15,18H,9,11H2,1H3,(H,24,27);1-5,7H,6H2,(H,13,14);2-3,5-7H,4,11H2,1H3/t14-,15?,18+;2*14-,15+,18+;;5-,6+,7-/m110.0/s1. The van der Waals surface area contributed by atoms with Crippen LogP contribution in [0.3, 0.4) is 0 Å². The molecule has 0 radical (unpaired) electrons. The first-order valence-corrected chi connectivity index (χ1v) is 38.0. The number of nitrogens with two attached hydrogens (primary N) is 1. The van der Waals surface area contributed by atoms with Crippen molar-refractivity contribution in [3.63, 3.8) is 0 Å². The lowest BCUT2D eigenvalue weighted by Gasteiger charge is -2.22. The van der Waals surface area contributed by atoms with E-state index in [9.17, 15) is 38.4 Å². The van der Waals surface area contributed by atoms with Crippen molar-refractivity contribution in [2.45, 2.75) is 99.2 Å². The molecule has 0 spiro atoms. The van der Waals surface area contributed by atoms with Crippen LogP contribution >= 0.6 is 0 Å². The third kappa shape index (κ3) is 16.8. The highest BCUT2D eigenvalue weighted by Gasteiger charge is 2.57. The lowest BCUT2D eigenvalue weighted by atomic mass is 10.1. The van der Waals surface area contributed by atoms with Gasteiger partial charge in [-0.25, -0.2) is 24.7 Å². The largest absolute Gasteiger partial charge is 0.476 e. The van der Waals surface area contributed by atoms with Crippen molar-refractivity contribution in [3.8, 4) is 0 Å². The average molecular weight is 1580 g/mol. The summed E-state index contributed by atoms with van der Waals surface area (Å²) in [6, 6.07) is 43.0. The molecule has 33 heteroatoms. The van der Waals surface area contributed by atoms with Gasteiger partial charge in [0.2, 0.25) is 5.91 Å². The number of hydrogen-bond donors (Lipinski definition) is 5. The number of aromatic carboxylic acids is 1. The van der Waals surface area contributed by atoms with Crippen LogP contribution in [0.5, 0.6) is 0 Å². The number of carboxylic acid groups (broad SMARTS) is 1. The highest BCUT2D eigenvalue weighted by atomic mass is 16.5. The van der Waals surface area contributed by atoms with E-state index < -0.39 is 47.9 Å². The first-order valence-electron chi connectivity index (χ1n) is 38.0. The summed E-state index contributed by atoms with van der Waals surface area (Å²) in [7, 11) is 6.69. The van der Waals surface area contributed by atoms with Crippen molar-refractivity contribution < 1.29 is 61.6 Å². The number of likely N-dealkylation sites (N-methyl/N-ethyl adjacent to an activating group) is 4. The third-order valence-electron chi connectivity index (χ3n) is 21.9. The van der Waals surface area contributed by atoms with Crippen LogP contribution in [0.15, 0.2) is 213 Å². The Hall–Kier alpha value is -14.2. The summed E-state index contributed by atoms with van der Waals surface area (Å²) in [4.78, 5) is 140. The Bertz CT molecular complexity index is 5280. The monoisotopic (exact) mass is 1570 g/mol. The number of fused-ring (bicyclic) bond motifs is 12. The number of benzene rings is 4. The summed E-state index contributed by atoms with van der Waals surface area (Å²) in [5.74, 6) is 2.75. The van der Waals surface area contributed by atoms with Crippen molar-refractivity contribution >= 4 is 70.6 Å². The van der Waals surface area contributed by atoms with Gasteiger partial charge in [-0.05, 0) is 71.6 Å². The molecular weight excluding hydrogens is 1500 g/mol. The Morgan fingerprint density at radius 1 is 0.359 bits per heavy atom. The minimum absolute atomic E-state index is 0.0162. The van der Waals surface area contributed by atoms with Gasteiger partial charge in [0.05, 0.1) is 28.8 Å². The molecule has 33 nitrogen and oxygen atoms in total. The second-order valence-electron chi connectivity index (χ2n) is 29.7. The van der Waals surface area contributed by atoms with Gasteiger partial charge >= 0.3 is 5.97 Å². The molecular formula is C84H78N20O13. The van der Waals surface area contributed by atoms with Crippen LogP contribution in [-0.4, -0.2) is 165 Å². The molecule has 8 aromatic heterocycles. The minimum atomic E-state index is -1.07. The predicted octanol–water partition coefficient (Wildman–Crippen LogP) is 7.65. The van der Waals surface area contributed by atoms with Crippen molar-refractivity contribution in [2.75, 3.05) is 47.8 Å². The smallest absolute Gasteiger partial charge is 0.358 e. The lowest BCUT2D eigenvalue weighted by molar-refractivity contribution is -0.121. The zero-order valence-corrected chi connectivity index (χ0v) is 63.6. The molecule has 8 aliphatic rings. The number of nitrogens with one attached hydrogen (secondary N) is 3. The molecule has 6 N–H and O–H groups in total. The molecule has 12 aromatic rings. The van der Waals surface area contributed by atoms with Crippen molar-refractivity contribution in [2.24, 2.45) is 29.4 Å². The Morgan fingerprint density at radius 2 is 0.598 bits per heavy atom. The average Bonchev–Trinajstić information content (AvgIpc) is 1.61. The number of anilines is 4. The molecule has 12 heterocycles. The quantitative estimate of drug-likeness (QED) is 0.0657. The second-order valence-corrected chi connectivity index (χ2v) is 29.7. The van der Waals surface area contributed by atoms with Crippen molar-refractivity contribution in [1.82, 2.24) is 76.4 Å². The fourth-order valence-corrected chi connectivity index (χ4v) is 15.4. The van der Waals surface area contributed by atoms with Crippen molar-refractivity contribution in [3.05, 3.63) is 286 Å². The van der Waals surface area contributed by atoms with Crippen LogP contribution in [0, 0.1) is 23.7 Å². The molecule has 4 saturated carbocycles. The number of rotatable bonds is 15. The van der Waals surface area contributed by atoms with Gasteiger partial charge in [-0.15, -0.1) is 0 Å². The predicted molar refractivity (Wildman–Crippen MR) is 417 cm³/mol. The molecule has 1 unspecified atom stereocenters. The maximum absolute atomic E-state index is 13.0. The van der Waals surface area contributed by atoms with Crippen molar-refractivity contribution in [1.29, 1.82) is 0 Å². The number of amides is 7. The van der Waals surface area contributed by atoms with Crippen LogP contribution in [0.25, 0.3) is 0 Å². The molecule has 20 rings (SSSR count). The Labute approximate surface area is 667 Å². The number of carbonyl (C=O) groups is 8. The van der Waals surface area contributed by atoms with Gasteiger partial charge in [-0.1, -0.05) is 142 Å². The molecule has 0 bridgehead atoms. The van der Waals surface area contributed by atoms with E-state index in [1.165, 1.54) is 25.7 Å². The summed E-state index contributed by atoms with van der Waals surface area (Å²) in [5, 5.41) is 32.3. The first-order chi connectivity index (χ1) is 56.8. The molecule has 0 saturated heterocycles. The number of carboxylic acids is 1. The summed E-state index contributed by atoms with van der Waals surface area (Å²) >= 11 is 0. The Morgan fingerprint density at radius 3 is 0.872 bits per heavy atom. The fourth-order valence-electron chi connectivity index (χ4n) is 15.4. The van der Waals surface area contributed by atoms with Crippen LogP contribution < -0.4 is 41.3 Å². The zero-order chi connectivity index (χ0) is 81.1.